The average molecular weight is 196 g/mol. The summed E-state index contributed by atoms with van der Waals surface area (Å²) < 4.78 is 0. The predicted molar refractivity (Wildman–Crippen MR) is 55.8 cm³/mol. The first kappa shape index (κ1) is 10.7. The van der Waals surface area contributed by atoms with Crippen LogP contribution in [0.2, 0.25) is 0 Å². The number of nitrogens with zero attached hydrogens (tertiary/aromatic N) is 2. The van der Waals surface area contributed by atoms with Gasteiger partial charge in [0.05, 0.1) is 6.61 Å². The van der Waals surface area contributed by atoms with Gasteiger partial charge in [-0.15, -0.1) is 0 Å². The number of nitrogens with two attached hydrogens (primary N) is 1. The van der Waals surface area contributed by atoms with E-state index in [0.717, 1.165) is 19.4 Å². The van der Waals surface area contributed by atoms with Crippen LogP contribution in [0.3, 0.4) is 0 Å². The number of aromatic nitrogens is 2. The molecule has 0 saturated heterocycles. The van der Waals surface area contributed by atoms with E-state index in [4.69, 9.17) is 10.8 Å². The minimum absolute atomic E-state index is 0.0747. The van der Waals surface area contributed by atoms with Gasteiger partial charge in [-0.25, -0.2) is 4.98 Å². The number of nitrogens with one attached hydrogen (secondary N) is 1. The Hall–Kier alpha value is -1.36. The van der Waals surface area contributed by atoms with Crippen molar-refractivity contribution in [1.82, 2.24) is 9.97 Å². The number of rotatable bonds is 5. The van der Waals surface area contributed by atoms with Crippen LogP contribution >= 0.6 is 0 Å². The van der Waals surface area contributed by atoms with Crippen molar-refractivity contribution in [3.05, 3.63) is 11.8 Å². The summed E-state index contributed by atoms with van der Waals surface area (Å²) >= 11 is 0. The second kappa shape index (κ2) is 5.39. The third kappa shape index (κ3) is 2.85. The van der Waals surface area contributed by atoms with E-state index in [0.29, 0.717) is 11.4 Å². The zero-order valence-corrected chi connectivity index (χ0v) is 8.32. The first-order valence-corrected chi connectivity index (χ1v) is 4.74. The molecule has 0 radical (unpaired) electrons. The Bertz CT molecular complexity index is 290. The van der Waals surface area contributed by atoms with Gasteiger partial charge in [0.2, 0.25) is 5.95 Å². The second-order valence-corrected chi connectivity index (χ2v) is 3.04. The normalized spacial score (nSPS) is 10.1. The Morgan fingerprint density at radius 2 is 2.36 bits per heavy atom. The molecule has 0 aliphatic heterocycles. The maximum atomic E-state index is 9.01. The summed E-state index contributed by atoms with van der Waals surface area (Å²) in [6.07, 6.45) is 3.72. The fourth-order valence-corrected chi connectivity index (χ4v) is 1.07. The van der Waals surface area contributed by atoms with E-state index in [2.05, 4.69) is 22.2 Å². The lowest BCUT2D eigenvalue weighted by Gasteiger charge is -2.08. The molecule has 1 rings (SSSR count). The van der Waals surface area contributed by atoms with Crippen LogP contribution in [-0.4, -0.2) is 21.6 Å². The van der Waals surface area contributed by atoms with Crippen molar-refractivity contribution in [2.24, 2.45) is 0 Å². The topological polar surface area (TPSA) is 84.1 Å². The van der Waals surface area contributed by atoms with E-state index < -0.39 is 0 Å². The summed E-state index contributed by atoms with van der Waals surface area (Å²) in [7, 11) is 0. The second-order valence-electron chi connectivity index (χ2n) is 3.04. The van der Waals surface area contributed by atoms with Gasteiger partial charge in [0.1, 0.15) is 5.82 Å². The fraction of sp³-hybridized carbons (Fsp3) is 0.556. The van der Waals surface area contributed by atoms with E-state index in [1.165, 1.54) is 6.20 Å². The Labute approximate surface area is 83.4 Å². The van der Waals surface area contributed by atoms with Crippen LogP contribution in [0.25, 0.3) is 0 Å². The SMILES string of the molecule is CCCCNc1nc(N)ncc1CO. The summed E-state index contributed by atoms with van der Waals surface area (Å²) in [6.45, 7) is 2.87. The lowest BCUT2D eigenvalue weighted by Crippen LogP contribution is -2.08. The Kier molecular flexibility index (Phi) is 4.12. The number of anilines is 2. The smallest absolute Gasteiger partial charge is 0.221 e. The van der Waals surface area contributed by atoms with Crippen molar-refractivity contribution >= 4 is 11.8 Å². The average Bonchev–Trinajstić information content (AvgIpc) is 2.19. The number of unbranched alkanes of at least 4 members (excludes halogenated alkanes) is 1. The molecule has 0 amide bonds. The summed E-state index contributed by atoms with van der Waals surface area (Å²) in [4.78, 5) is 7.82. The van der Waals surface area contributed by atoms with Crippen molar-refractivity contribution in [2.75, 3.05) is 17.6 Å². The third-order valence-electron chi connectivity index (χ3n) is 1.88. The molecule has 0 unspecified atom stereocenters. The monoisotopic (exact) mass is 196 g/mol. The van der Waals surface area contributed by atoms with E-state index in [1.54, 1.807) is 0 Å². The van der Waals surface area contributed by atoms with E-state index in [9.17, 15) is 0 Å². The maximum Gasteiger partial charge on any atom is 0.221 e. The lowest BCUT2D eigenvalue weighted by atomic mass is 10.3. The highest BCUT2D eigenvalue weighted by Gasteiger charge is 2.03. The molecule has 1 aromatic heterocycles. The number of hydrogen-bond acceptors (Lipinski definition) is 5. The standard InChI is InChI=1S/C9H16N4O/c1-2-3-4-11-8-7(6-14)5-12-9(10)13-8/h5,14H,2-4,6H2,1H3,(H3,10,11,12,13). The molecule has 0 fully saturated rings. The fourth-order valence-electron chi connectivity index (χ4n) is 1.07. The summed E-state index contributed by atoms with van der Waals surface area (Å²) in [6, 6.07) is 0. The highest BCUT2D eigenvalue weighted by molar-refractivity contribution is 5.45. The van der Waals surface area contributed by atoms with Crippen molar-refractivity contribution in [1.29, 1.82) is 0 Å². The van der Waals surface area contributed by atoms with Crippen LogP contribution in [0.15, 0.2) is 6.20 Å². The minimum atomic E-state index is -0.0747. The number of aliphatic hydroxyl groups excluding tert-OH is 1. The van der Waals surface area contributed by atoms with Gasteiger partial charge in [-0.2, -0.15) is 4.98 Å². The summed E-state index contributed by atoms with van der Waals surface area (Å²) in [5, 5.41) is 12.1. The van der Waals surface area contributed by atoms with Crippen LogP contribution in [0, 0.1) is 0 Å². The lowest BCUT2D eigenvalue weighted by molar-refractivity contribution is 0.281. The molecule has 14 heavy (non-hydrogen) atoms. The van der Waals surface area contributed by atoms with Crippen LogP contribution < -0.4 is 11.1 Å². The highest BCUT2D eigenvalue weighted by atomic mass is 16.3. The molecule has 1 aromatic rings. The molecule has 0 aromatic carbocycles. The molecule has 0 aliphatic carbocycles. The van der Waals surface area contributed by atoms with Crippen molar-refractivity contribution < 1.29 is 5.11 Å². The van der Waals surface area contributed by atoms with Gasteiger partial charge in [-0.1, -0.05) is 13.3 Å². The van der Waals surface area contributed by atoms with Gasteiger partial charge in [0.25, 0.3) is 0 Å². The molecule has 78 valence electrons. The maximum absolute atomic E-state index is 9.01. The highest BCUT2D eigenvalue weighted by Crippen LogP contribution is 2.12. The molecule has 0 aliphatic rings. The molecule has 0 atom stereocenters. The van der Waals surface area contributed by atoms with Crippen LogP contribution in [-0.2, 0) is 6.61 Å². The van der Waals surface area contributed by atoms with E-state index >= 15 is 0 Å². The number of aliphatic hydroxyl groups is 1. The molecule has 1 heterocycles. The van der Waals surface area contributed by atoms with Crippen LogP contribution in [0.1, 0.15) is 25.3 Å². The Balaban J connectivity index is 2.67. The third-order valence-corrected chi connectivity index (χ3v) is 1.88. The quantitative estimate of drug-likeness (QED) is 0.605. The molecule has 4 N–H and O–H groups in total. The number of nitrogen functional groups attached to an aromatic ring is 1. The van der Waals surface area contributed by atoms with Gasteiger partial charge in [0, 0.05) is 18.3 Å². The molecule has 0 spiro atoms. The van der Waals surface area contributed by atoms with E-state index in [-0.39, 0.29) is 12.6 Å². The Morgan fingerprint density at radius 1 is 1.57 bits per heavy atom. The van der Waals surface area contributed by atoms with Gasteiger partial charge >= 0.3 is 0 Å². The Morgan fingerprint density at radius 3 is 3.00 bits per heavy atom. The molecule has 0 saturated carbocycles. The number of hydrogen-bond donors (Lipinski definition) is 3. The van der Waals surface area contributed by atoms with Crippen molar-refractivity contribution in [3.63, 3.8) is 0 Å². The van der Waals surface area contributed by atoms with Crippen molar-refractivity contribution in [2.45, 2.75) is 26.4 Å². The summed E-state index contributed by atoms with van der Waals surface area (Å²) in [5.74, 6) is 0.856. The first-order chi connectivity index (χ1) is 6.77. The zero-order chi connectivity index (χ0) is 10.4. The zero-order valence-electron chi connectivity index (χ0n) is 8.32. The van der Waals surface area contributed by atoms with Gasteiger partial charge < -0.3 is 16.2 Å². The van der Waals surface area contributed by atoms with E-state index in [1.807, 2.05) is 0 Å². The van der Waals surface area contributed by atoms with Gasteiger partial charge in [0.15, 0.2) is 0 Å². The first-order valence-electron chi connectivity index (χ1n) is 4.74. The largest absolute Gasteiger partial charge is 0.391 e. The van der Waals surface area contributed by atoms with Crippen LogP contribution in [0.4, 0.5) is 11.8 Å². The molecule has 0 bridgehead atoms. The molecular formula is C9H16N4O. The van der Waals surface area contributed by atoms with Crippen molar-refractivity contribution in [3.8, 4) is 0 Å². The van der Waals surface area contributed by atoms with Crippen LogP contribution in [0.5, 0.6) is 0 Å². The molecule has 5 nitrogen and oxygen atoms in total. The predicted octanol–water partition coefficient (Wildman–Crippen LogP) is 0.763. The molecular weight excluding hydrogens is 180 g/mol. The van der Waals surface area contributed by atoms with Gasteiger partial charge in [-0.05, 0) is 6.42 Å². The van der Waals surface area contributed by atoms with Gasteiger partial charge in [-0.3, -0.25) is 0 Å². The minimum Gasteiger partial charge on any atom is -0.391 e. The summed E-state index contributed by atoms with van der Waals surface area (Å²) in [5.41, 5.74) is 6.12. The molecule has 5 heteroatoms.